The zero-order valence-corrected chi connectivity index (χ0v) is 20.7. The van der Waals surface area contributed by atoms with Gasteiger partial charge in [-0.15, -0.1) is 0 Å². The number of ether oxygens (including phenoxy) is 1. The quantitative estimate of drug-likeness (QED) is 0.420. The van der Waals surface area contributed by atoms with Gasteiger partial charge in [-0.05, 0) is 49.9 Å². The average Bonchev–Trinajstić information content (AvgIpc) is 3.40. The van der Waals surface area contributed by atoms with Crippen LogP contribution in [0.4, 0.5) is 9.93 Å². The van der Waals surface area contributed by atoms with Crippen LogP contribution in [-0.4, -0.2) is 40.2 Å². The Hall–Kier alpha value is -3.72. The molecule has 0 saturated carbocycles. The normalized spacial score (nSPS) is 13.0. The van der Waals surface area contributed by atoms with E-state index in [1.54, 1.807) is 27.7 Å². The van der Waals surface area contributed by atoms with Gasteiger partial charge in [0.05, 0.1) is 17.2 Å². The zero-order valence-electron chi connectivity index (χ0n) is 19.9. The number of fused-ring (bicyclic) bond motifs is 3. The summed E-state index contributed by atoms with van der Waals surface area (Å²) in [6.07, 6.45) is 0.670. The predicted molar refractivity (Wildman–Crippen MR) is 134 cm³/mol. The number of thiazole rings is 1. The van der Waals surface area contributed by atoms with E-state index in [4.69, 9.17) is 4.74 Å². The Kier molecular flexibility index (Phi) is 6.38. The van der Waals surface area contributed by atoms with Crippen molar-refractivity contribution in [3.63, 3.8) is 0 Å². The van der Waals surface area contributed by atoms with E-state index >= 15 is 0 Å². The van der Waals surface area contributed by atoms with Gasteiger partial charge in [0.25, 0.3) is 5.91 Å². The second-order valence-corrected chi connectivity index (χ2v) is 10.5. The lowest BCUT2D eigenvalue weighted by Gasteiger charge is -2.38. The lowest BCUT2D eigenvalue weighted by Crippen LogP contribution is -2.56. The van der Waals surface area contributed by atoms with Gasteiger partial charge in [-0.3, -0.25) is 14.9 Å². The van der Waals surface area contributed by atoms with E-state index in [1.807, 2.05) is 36.4 Å². The Morgan fingerprint density at radius 2 is 1.57 bits per heavy atom. The van der Waals surface area contributed by atoms with E-state index in [0.717, 1.165) is 33.6 Å². The van der Waals surface area contributed by atoms with Gasteiger partial charge >= 0.3 is 12.1 Å². The van der Waals surface area contributed by atoms with E-state index in [9.17, 15) is 19.5 Å². The van der Waals surface area contributed by atoms with Crippen molar-refractivity contribution in [2.45, 2.75) is 39.2 Å². The molecule has 1 aliphatic rings. The molecule has 0 unspecified atom stereocenters. The summed E-state index contributed by atoms with van der Waals surface area (Å²) < 4.78 is 5.52. The summed E-state index contributed by atoms with van der Waals surface area (Å²) >= 11 is 0.982. The summed E-state index contributed by atoms with van der Waals surface area (Å²) in [5.41, 5.74) is 2.28. The number of nitrogens with one attached hydrogen (secondary N) is 2. The third kappa shape index (κ3) is 4.64. The highest BCUT2D eigenvalue weighted by atomic mass is 32.1. The molecule has 1 heterocycles. The number of carbonyl (C=O) groups is 3. The van der Waals surface area contributed by atoms with Gasteiger partial charge in [0.1, 0.15) is 11.5 Å². The van der Waals surface area contributed by atoms with Gasteiger partial charge in [-0.1, -0.05) is 59.9 Å². The molecular formula is C26H27N3O5S. The first-order chi connectivity index (χ1) is 16.5. The Morgan fingerprint density at radius 3 is 2.14 bits per heavy atom. The number of carboxylic acid groups (broad SMARTS) is 1. The van der Waals surface area contributed by atoms with E-state index in [-0.39, 0.29) is 22.5 Å². The number of carbonyl (C=O) groups excluding carboxylic acids is 2. The van der Waals surface area contributed by atoms with Crippen LogP contribution < -0.4 is 10.6 Å². The largest absolute Gasteiger partial charge is 0.481 e. The summed E-state index contributed by atoms with van der Waals surface area (Å²) in [6, 6.07) is 16.1. The Morgan fingerprint density at radius 1 is 1.00 bits per heavy atom. The fraction of sp³-hybridized carbons (Fsp3) is 0.308. The number of nitrogens with zero attached hydrogens (tertiary/aromatic N) is 1. The fourth-order valence-corrected chi connectivity index (χ4v) is 4.62. The van der Waals surface area contributed by atoms with Crippen LogP contribution in [-0.2, 0) is 9.53 Å². The third-order valence-electron chi connectivity index (χ3n) is 6.81. The number of amides is 2. The van der Waals surface area contributed by atoms with Crippen LogP contribution in [0.1, 0.15) is 54.4 Å². The number of carboxylic acids is 1. The lowest BCUT2D eigenvalue weighted by atomic mass is 9.74. The van der Waals surface area contributed by atoms with Gasteiger partial charge in [0.2, 0.25) is 0 Å². The summed E-state index contributed by atoms with van der Waals surface area (Å²) in [5.74, 6) is -1.56. The number of aromatic nitrogens is 1. The van der Waals surface area contributed by atoms with Crippen LogP contribution in [0.15, 0.2) is 54.7 Å². The van der Waals surface area contributed by atoms with Crippen LogP contribution in [0.2, 0.25) is 0 Å². The molecule has 3 N–H and O–H groups in total. The highest BCUT2D eigenvalue weighted by Gasteiger charge is 2.44. The number of rotatable bonds is 7. The minimum Gasteiger partial charge on any atom is -0.481 e. The SMILES string of the molecule is CC(C)(NC(=O)c1cnc(NC(=O)OCC2c3ccccc3-c3ccccc32)s1)C(C)(C)C(=O)O. The van der Waals surface area contributed by atoms with Crippen molar-refractivity contribution in [3.05, 3.63) is 70.7 Å². The van der Waals surface area contributed by atoms with Gasteiger partial charge in [0, 0.05) is 5.92 Å². The second-order valence-electron chi connectivity index (χ2n) is 9.49. The number of hydrogen-bond acceptors (Lipinski definition) is 6. The third-order valence-corrected chi connectivity index (χ3v) is 7.72. The molecule has 0 atom stereocenters. The summed E-state index contributed by atoms with van der Waals surface area (Å²) in [6.45, 7) is 6.56. The molecular weight excluding hydrogens is 466 g/mol. The van der Waals surface area contributed by atoms with Crippen LogP contribution in [0.3, 0.4) is 0 Å². The summed E-state index contributed by atoms with van der Waals surface area (Å²) in [4.78, 5) is 41.1. The van der Waals surface area contributed by atoms with Crippen LogP contribution in [0, 0.1) is 5.41 Å². The first-order valence-corrected chi connectivity index (χ1v) is 12.0. The molecule has 9 heteroatoms. The van der Waals surface area contributed by atoms with Crippen molar-refractivity contribution < 1.29 is 24.2 Å². The van der Waals surface area contributed by atoms with Gasteiger partial charge in [-0.2, -0.15) is 0 Å². The Balaban J connectivity index is 1.38. The van der Waals surface area contributed by atoms with Crippen molar-refractivity contribution in [1.82, 2.24) is 10.3 Å². The smallest absolute Gasteiger partial charge is 0.413 e. The van der Waals surface area contributed by atoms with Crippen molar-refractivity contribution in [1.29, 1.82) is 0 Å². The zero-order chi connectivity index (χ0) is 25.4. The van der Waals surface area contributed by atoms with Crippen LogP contribution in [0.5, 0.6) is 0 Å². The molecule has 0 fully saturated rings. The summed E-state index contributed by atoms with van der Waals surface area (Å²) in [5, 5.41) is 15.0. The van der Waals surface area contributed by atoms with Crippen molar-refractivity contribution in [2.75, 3.05) is 11.9 Å². The molecule has 35 heavy (non-hydrogen) atoms. The first-order valence-electron chi connectivity index (χ1n) is 11.1. The molecule has 0 saturated heterocycles. The van der Waals surface area contributed by atoms with E-state index in [0.29, 0.717) is 0 Å². The molecule has 182 valence electrons. The maximum absolute atomic E-state index is 12.7. The van der Waals surface area contributed by atoms with Crippen molar-refractivity contribution in [2.24, 2.45) is 5.41 Å². The molecule has 0 bridgehead atoms. The van der Waals surface area contributed by atoms with Crippen LogP contribution >= 0.6 is 11.3 Å². The minimum atomic E-state index is -1.20. The monoisotopic (exact) mass is 493 g/mol. The average molecular weight is 494 g/mol. The van der Waals surface area contributed by atoms with Crippen molar-refractivity contribution in [3.8, 4) is 11.1 Å². The van der Waals surface area contributed by atoms with Gasteiger partial charge < -0.3 is 15.2 Å². The highest BCUT2D eigenvalue weighted by molar-refractivity contribution is 7.17. The second kappa shape index (κ2) is 9.14. The molecule has 0 spiro atoms. The van der Waals surface area contributed by atoms with Crippen LogP contribution in [0.25, 0.3) is 11.1 Å². The van der Waals surface area contributed by atoms with E-state index in [2.05, 4.69) is 27.8 Å². The van der Waals surface area contributed by atoms with Gasteiger partial charge in [-0.25, -0.2) is 9.78 Å². The Bertz CT molecular complexity index is 1250. The standard InChI is InChI=1S/C26H27N3O5S/c1-25(2,22(31)32)26(3,4)29-21(30)20-13-27-23(35-20)28-24(33)34-14-19-17-11-7-5-9-15(17)16-10-6-8-12-18(16)19/h5-13,19H,14H2,1-4H3,(H,29,30)(H,31,32)(H,27,28,33). The maximum Gasteiger partial charge on any atom is 0.413 e. The molecule has 1 aromatic heterocycles. The lowest BCUT2D eigenvalue weighted by molar-refractivity contribution is -0.150. The molecule has 4 rings (SSSR count). The maximum atomic E-state index is 12.7. The van der Waals surface area contributed by atoms with Gasteiger partial charge in [0.15, 0.2) is 5.13 Å². The number of benzene rings is 2. The molecule has 1 aliphatic carbocycles. The summed E-state index contributed by atoms with van der Waals surface area (Å²) in [7, 11) is 0. The predicted octanol–water partition coefficient (Wildman–Crippen LogP) is 5.12. The molecule has 2 amide bonds. The molecule has 2 aromatic carbocycles. The molecule has 3 aromatic rings. The van der Waals surface area contributed by atoms with Crippen molar-refractivity contribution >= 4 is 34.4 Å². The Labute approximate surface area is 207 Å². The van der Waals surface area contributed by atoms with E-state index in [1.165, 1.54) is 6.20 Å². The highest BCUT2D eigenvalue weighted by Crippen LogP contribution is 2.44. The topological polar surface area (TPSA) is 118 Å². The molecule has 0 aliphatic heterocycles. The van der Waals surface area contributed by atoms with E-state index < -0.39 is 28.9 Å². The molecule has 0 radical (unpaired) electrons. The fourth-order valence-electron chi connectivity index (χ4n) is 3.93. The number of aliphatic carboxylic acids is 1. The molecule has 8 nitrogen and oxygen atoms in total. The number of anilines is 1. The first kappa shape index (κ1) is 24.4. The minimum absolute atomic E-state index is 0.0643. The number of hydrogen-bond donors (Lipinski definition) is 3.